The summed E-state index contributed by atoms with van der Waals surface area (Å²) in [5, 5.41) is 4.42. The number of likely N-dealkylation sites (tertiary alicyclic amines) is 1. The summed E-state index contributed by atoms with van der Waals surface area (Å²) < 4.78 is 42.7. The van der Waals surface area contributed by atoms with E-state index in [1.54, 1.807) is 24.4 Å². The Bertz CT molecular complexity index is 1640. The van der Waals surface area contributed by atoms with Gasteiger partial charge < -0.3 is 10.2 Å². The van der Waals surface area contributed by atoms with Crippen LogP contribution >= 0.6 is 11.6 Å². The van der Waals surface area contributed by atoms with Crippen LogP contribution in [0.4, 0.5) is 16.0 Å². The molecule has 0 radical (unpaired) electrons. The van der Waals surface area contributed by atoms with Crippen LogP contribution in [0.3, 0.4) is 0 Å². The monoisotopic (exact) mass is 579 g/mol. The van der Waals surface area contributed by atoms with Gasteiger partial charge in [-0.25, -0.2) is 22.8 Å². The fourth-order valence-corrected chi connectivity index (χ4v) is 7.38. The van der Waals surface area contributed by atoms with E-state index < -0.39 is 15.8 Å². The van der Waals surface area contributed by atoms with Crippen molar-refractivity contribution >= 4 is 44.2 Å². The molecule has 1 aliphatic carbocycles. The van der Waals surface area contributed by atoms with Crippen LogP contribution in [0.2, 0.25) is 5.02 Å². The van der Waals surface area contributed by atoms with Gasteiger partial charge in [0.1, 0.15) is 10.7 Å². The molecule has 7 nitrogen and oxygen atoms in total. The van der Waals surface area contributed by atoms with Crippen molar-refractivity contribution < 1.29 is 12.8 Å². The van der Waals surface area contributed by atoms with Crippen molar-refractivity contribution in [3.63, 3.8) is 0 Å². The number of benzene rings is 3. The fourth-order valence-electron chi connectivity index (χ4n) is 5.80. The molecule has 0 unspecified atom stereocenters. The third kappa shape index (κ3) is 5.77. The highest BCUT2D eigenvalue weighted by atomic mass is 35.5. The quantitative estimate of drug-likeness (QED) is 0.253. The lowest BCUT2D eigenvalue weighted by molar-refractivity contribution is 0.186. The number of hydrogen-bond acceptors (Lipinski definition) is 6. The summed E-state index contributed by atoms with van der Waals surface area (Å²) in [4.78, 5) is 11.8. The van der Waals surface area contributed by atoms with Crippen molar-refractivity contribution in [1.29, 1.82) is 0 Å². The smallest absolute Gasteiger partial charge is 0.263 e. The second-order valence-electron chi connectivity index (χ2n) is 10.6. The number of nitrogens with zero attached hydrogens (tertiary/aromatic N) is 3. The average Bonchev–Trinajstić information content (AvgIpc) is 3.50. The lowest BCUT2D eigenvalue weighted by atomic mass is 9.90. The zero-order valence-electron chi connectivity index (χ0n) is 22.0. The summed E-state index contributed by atoms with van der Waals surface area (Å²) in [6, 6.07) is 17.2. The molecule has 3 aromatic carbocycles. The zero-order valence-corrected chi connectivity index (χ0v) is 23.6. The standard InChI is InChI=1S/C30H31ClFN5O2S/c31-25-5-1-2-6-29(25)40(38,39)36-28-14-8-21(18-26(28)32)20-7-13-27-22(17-20)19-33-30(35-27)34-23-9-11-24(12-10-23)37-15-3-4-16-37/h1-2,5-8,13-14,17-19,23-24,36H,3-4,9-12,15-16H2,(H,33,34,35)/t23-,24-. The van der Waals surface area contributed by atoms with E-state index >= 15 is 0 Å². The molecule has 6 rings (SSSR count). The van der Waals surface area contributed by atoms with E-state index in [9.17, 15) is 12.8 Å². The van der Waals surface area contributed by atoms with Gasteiger partial charge in [0.2, 0.25) is 5.95 Å². The average molecular weight is 580 g/mol. The van der Waals surface area contributed by atoms with Gasteiger partial charge in [-0.3, -0.25) is 4.72 Å². The number of anilines is 2. The number of hydrogen-bond donors (Lipinski definition) is 2. The van der Waals surface area contributed by atoms with Gasteiger partial charge in [-0.15, -0.1) is 0 Å². The molecule has 0 spiro atoms. The van der Waals surface area contributed by atoms with Crippen LogP contribution in [0.1, 0.15) is 38.5 Å². The molecule has 208 valence electrons. The maximum Gasteiger partial charge on any atom is 0.263 e. The Hall–Kier alpha value is -3.27. The topological polar surface area (TPSA) is 87.2 Å². The molecular weight excluding hydrogens is 549 g/mol. The molecule has 2 aliphatic rings. The first-order valence-electron chi connectivity index (χ1n) is 13.7. The number of rotatable bonds is 7. The van der Waals surface area contributed by atoms with Crippen molar-refractivity contribution in [2.75, 3.05) is 23.1 Å². The van der Waals surface area contributed by atoms with E-state index in [1.807, 2.05) is 18.2 Å². The van der Waals surface area contributed by atoms with Crippen molar-refractivity contribution in [3.8, 4) is 11.1 Å². The Labute approximate surface area is 238 Å². The maximum atomic E-state index is 15.0. The van der Waals surface area contributed by atoms with E-state index in [2.05, 4.69) is 19.9 Å². The van der Waals surface area contributed by atoms with Gasteiger partial charge >= 0.3 is 0 Å². The molecule has 0 amide bonds. The molecule has 4 aromatic rings. The van der Waals surface area contributed by atoms with Gasteiger partial charge in [-0.2, -0.15) is 0 Å². The minimum atomic E-state index is -4.04. The predicted molar refractivity (Wildman–Crippen MR) is 158 cm³/mol. The SMILES string of the molecule is O=S(=O)(Nc1ccc(-c2ccc3nc(N[C@H]4CC[C@H](N5CCCC5)CC4)ncc3c2)cc1F)c1ccccc1Cl. The van der Waals surface area contributed by atoms with Crippen LogP contribution in [-0.4, -0.2) is 48.5 Å². The molecule has 1 aromatic heterocycles. The molecule has 1 saturated carbocycles. The largest absolute Gasteiger partial charge is 0.351 e. The predicted octanol–water partition coefficient (Wildman–Crippen LogP) is 6.71. The normalized spacial score (nSPS) is 20.1. The molecule has 2 heterocycles. The minimum absolute atomic E-state index is 0.0636. The zero-order chi connectivity index (χ0) is 27.7. The third-order valence-corrected chi connectivity index (χ3v) is 9.81. The number of sulfonamides is 1. The third-order valence-electron chi connectivity index (χ3n) is 7.94. The second-order valence-corrected chi connectivity index (χ2v) is 12.6. The van der Waals surface area contributed by atoms with Crippen molar-refractivity contribution in [3.05, 3.63) is 77.7 Å². The minimum Gasteiger partial charge on any atom is -0.351 e. The van der Waals surface area contributed by atoms with Crippen molar-refractivity contribution in [2.45, 2.75) is 55.5 Å². The van der Waals surface area contributed by atoms with Crippen molar-refractivity contribution in [2.24, 2.45) is 0 Å². The maximum absolute atomic E-state index is 15.0. The van der Waals surface area contributed by atoms with E-state index in [0.717, 1.165) is 35.3 Å². The van der Waals surface area contributed by atoms with Crippen molar-refractivity contribution in [1.82, 2.24) is 14.9 Å². The first-order chi connectivity index (χ1) is 19.4. The van der Waals surface area contributed by atoms with Gasteiger partial charge in [0.25, 0.3) is 10.0 Å². The highest BCUT2D eigenvalue weighted by Gasteiger charge is 2.27. The van der Waals surface area contributed by atoms with Gasteiger partial charge in [0.05, 0.1) is 16.2 Å². The number of aromatic nitrogens is 2. The Morgan fingerprint density at radius 2 is 1.65 bits per heavy atom. The van der Waals surface area contributed by atoms with Gasteiger partial charge in [0, 0.05) is 23.7 Å². The molecule has 1 aliphatic heterocycles. The Morgan fingerprint density at radius 3 is 2.40 bits per heavy atom. The molecule has 40 heavy (non-hydrogen) atoms. The summed E-state index contributed by atoms with van der Waals surface area (Å²) in [6.07, 6.45) is 9.12. The molecular formula is C30H31ClFN5O2S. The van der Waals surface area contributed by atoms with E-state index in [1.165, 1.54) is 63.0 Å². The van der Waals surface area contributed by atoms with Crippen LogP contribution in [0.25, 0.3) is 22.0 Å². The molecule has 2 fully saturated rings. The molecule has 0 atom stereocenters. The van der Waals surface area contributed by atoms with E-state index in [0.29, 0.717) is 17.6 Å². The summed E-state index contributed by atoms with van der Waals surface area (Å²) in [5.41, 5.74) is 2.03. The lowest BCUT2D eigenvalue weighted by Crippen LogP contribution is -2.39. The van der Waals surface area contributed by atoms with E-state index in [-0.39, 0.29) is 15.6 Å². The summed E-state index contributed by atoms with van der Waals surface area (Å²) >= 11 is 6.02. The fraction of sp³-hybridized carbons (Fsp3) is 0.333. The molecule has 2 N–H and O–H groups in total. The highest BCUT2D eigenvalue weighted by molar-refractivity contribution is 7.92. The molecule has 0 bridgehead atoms. The number of halogens is 2. The number of nitrogens with one attached hydrogen (secondary N) is 2. The second kappa shape index (κ2) is 11.3. The molecule has 10 heteroatoms. The Kier molecular flexibility index (Phi) is 7.61. The summed E-state index contributed by atoms with van der Waals surface area (Å²) in [6.45, 7) is 2.50. The lowest BCUT2D eigenvalue weighted by Gasteiger charge is -2.34. The first kappa shape index (κ1) is 26.9. The number of fused-ring (bicyclic) bond motifs is 1. The van der Waals surface area contributed by atoms with Gasteiger partial charge in [0.15, 0.2) is 0 Å². The van der Waals surface area contributed by atoms with Crippen LogP contribution in [-0.2, 0) is 10.0 Å². The van der Waals surface area contributed by atoms with Crippen LogP contribution in [0.15, 0.2) is 71.8 Å². The molecule has 1 saturated heterocycles. The van der Waals surface area contributed by atoms with Gasteiger partial charge in [-0.05, 0) is 99.1 Å². The summed E-state index contributed by atoms with van der Waals surface area (Å²) in [5.74, 6) is -0.0606. The van der Waals surface area contributed by atoms with Crippen LogP contribution in [0, 0.1) is 5.82 Å². The summed E-state index contributed by atoms with van der Waals surface area (Å²) in [7, 11) is -4.04. The van der Waals surface area contributed by atoms with Crippen LogP contribution in [0.5, 0.6) is 0 Å². The van der Waals surface area contributed by atoms with E-state index in [4.69, 9.17) is 16.6 Å². The van der Waals surface area contributed by atoms with Crippen LogP contribution < -0.4 is 10.0 Å². The highest BCUT2D eigenvalue weighted by Crippen LogP contribution is 2.31. The first-order valence-corrected chi connectivity index (χ1v) is 15.6. The Balaban J connectivity index is 1.13. The van der Waals surface area contributed by atoms with Gasteiger partial charge in [-0.1, -0.05) is 35.9 Å². The Morgan fingerprint density at radius 1 is 0.925 bits per heavy atom.